The lowest BCUT2D eigenvalue weighted by Crippen LogP contribution is -2.20. The van der Waals surface area contributed by atoms with Crippen LogP contribution in [0.5, 0.6) is 0 Å². The minimum absolute atomic E-state index is 0. The van der Waals surface area contributed by atoms with Gasteiger partial charge in [0.1, 0.15) is 0 Å². The number of nitrogens with zero attached hydrogens (tertiary/aromatic N) is 2. The number of fused-ring (bicyclic) bond motifs is 9. The van der Waals surface area contributed by atoms with Crippen molar-refractivity contribution in [2.75, 3.05) is 4.90 Å². The summed E-state index contributed by atoms with van der Waals surface area (Å²) in [5.74, 6) is 0. The predicted molar refractivity (Wildman–Crippen MR) is 243 cm³/mol. The van der Waals surface area contributed by atoms with E-state index in [1.165, 1.54) is 83.1 Å². The van der Waals surface area contributed by atoms with Crippen LogP contribution >= 0.6 is 0 Å². The van der Waals surface area contributed by atoms with Crippen LogP contribution in [0.4, 0.5) is 17.1 Å². The molecule has 2 heteroatoms. The highest BCUT2D eigenvalue weighted by Crippen LogP contribution is 2.55. The Morgan fingerprint density at radius 2 is 0.965 bits per heavy atom. The molecule has 1 aromatic heterocycles. The first-order valence-corrected chi connectivity index (χ1v) is 19.8. The number of hydrogen-bond donors (Lipinski definition) is 0. The van der Waals surface area contributed by atoms with Gasteiger partial charge in [-0.1, -0.05) is 163 Å². The molecular weight excluding hydrogens is 689 g/mol. The quantitative estimate of drug-likeness (QED) is 0.171. The van der Waals surface area contributed by atoms with Crippen molar-refractivity contribution in [2.45, 2.75) is 46.0 Å². The average Bonchev–Trinajstić information content (AvgIpc) is 3.79. The van der Waals surface area contributed by atoms with Crippen LogP contribution in [-0.2, 0) is 10.8 Å². The fraction of sp³-hybridized carbons (Fsp3) is 0.127. The Bertz CT molecular complexity index is 2980. The van der Waals surface area contributed by atoms with Gasteiger partial charge in [-0.05, 0) is 110 Å². The van der Waals surface area contributed by atoms with Crippen LogP contribution in [0.3, 0.4) is 0 Å². The van der Waals surface area contributed by atoms with Crippen LogP contribution in [0.2, 0.25) is 0 Å². The van der Waals surface area contributed by atoms with E-state index in [-0.39, 0.29) is 18.3 Å². The van der Waals surface area contributed by atoms with Crippen molar-refractivity contribution in [3.8, 4) is 39.1 Å². The van der Waals surface area contributed by atoms with Crippen molar-refractivity contribution >= 4 is 38.9 Å². The molecule has 276 valence electrons. The lowest BCUT2D eigenvalue weighted by molar-refractivity contribution is 0.660. The second-order valence-electron chi connectivity index (χ2n) is 16.5. The molecule has 0 fully saturated rings. The third-order valence-corrected chi connectivity index (χ3v) is 12.8. The molecule has 0 saturated heterocycles. The Labute approximate surface area is 336 Å². The maximum Gasteiger partial charge on any atom is 0.0541 e. The highest BCUT2D eigenvalue weighted by Gasteiger charge is 2.39. The lowest BCUT2D eigenvalue weighted by atomic mass is 9.81. The van der Waals surface area contributed by atoms with E-state index in [4.69, 9.17) is 0 Å². The van der Waals surface area contributed by atoms with Crippen LogP contribution in [0.15, 0.2) is 182 Å². The Kier molecular flexibility index (Phi) is 7.76. The van der Waals surface area contributed by atoms with E-state index >= 15 is 0 Å². The number of benzene rings is 8. The second-order valence-corrected chi connectivity index (χ2v) is 16.5. The first-order chi connectivity index (χ1) is 27.3. The molecule has 0 saturated carbocycles. The van der Waals surface area contributed by atoms with E-state index in [1.54, 1.807) is 0 Å². The summed E-state index contributed by atoms with van der Waals surface area (Å²) in [6.07, 6.45) is 0. The molecule has 0 N–H and O–H groups in total. The van der Waals surface area contributed by atoms with Crippen LogP contribution in [0.1, 0.15) is 57.4 Å². The van der Waals surface area contributed by atoms with Crippen molar-refractivity contribution in [2.24, 2.45) is 0 Å². The zero-order valence-electron chi connectivity index (χ0n) is 32.2. The molecular formula is C55H46N2. The van der Waals surface area contributed by atoms with Gasteiger partial charge in [0.25, 0.3) is 0 Å². The minimum Gasteiger partial charge on any atom is -0.310 e. The Balaban J connectivity index is 0.00000396. The van der Waals surface area contributed by atoms with Gasteiger partial charge in [-0.3, -0.25) is 0 Å². The van der Waals surface area contributed by atoms with Crippen molar-refractivity contribution in [1.29, 1.82) is 0 Å². The second kappa shape index (κ2) is 12.7. The Morgan fingerprint density at radius 3 is 1.68 bits per heavy atom. The third kappa shape index (κ3) is 4.96. The number of hydrogen-bond acceptors (Lipinski definition) is 1. The standard InChI is InChI=1S/C54H42N2.CH4/c1-53(2)46-25-10-6-21-44(46)51-39(22-14-26-47(51)53)35-16-13-17-38(34-35)55(50-29-15-23-43-40-18-5-9-24-45(40)54(3,4)52(43)50)36-30-32-37(33-31-36)56-48-27-11-7-19-41(48)42-20-8-12-28-49(42)56;/h5-34H,1-4H3;1H4. The van der Waals surface area contributed by atoms with Gasteiger partial charge in [-0.15, -0.1) is 0 Å². The summed E-state index contributed by atoms with van der Waals surface area (Å²) in [7, 11) is 0. The first-order valence-electron chi connectivity index (χ1n) is 19.8. The van der Waals surface area contributed by atoms with Crippen LogP contribution in [-0.4, -0.2) is 4.57 Å². The summed E-state index contributed by atoms with van der Waals surface area (Å²) >= 11 is 0. The smallest absolute Gasteiger partial charge is 0.0541 e. The monoisotopic (exact) mass is 734 g/mol. The molecule has 2 aliphatic carbocycles. The lowest BCUT2D eigenvalue weighted by Gasteiger charge is -2.32. The molecule has 0 atom stereocenters. The van der Waals surface area contributed by atoms with Crippen molar-refractivity contribution in [1.82, 2.24) is 4.57 Å². The molecule has 0 spiro atoms. The Morgan fingerprint density at radius 1 is 0.421 bits per heavy atom. The third-order valence-electron chi connectivity index (χ3n) is 12.8. The normalized spacial score (nSPS) is 14.1. The van der Waals surface area contributed by atoms with Gasteiger partial charge in [0.15, 0.2) is 0 Å². The zero-order valence-corrected chi connectivity index (χ0v) is 32.2. The van der Waals surface area contributed by atoms with Gasteiger partial charge in [-0.2, -0.15) is 0 Å². The van der Waals surface area contributed by atoms with Crippen molar-refractivity contribution < 1.29 is 0 Å². The molecule has 0 unspecified atom stereocenters. The number of rotatable bonds is 5. The van der Waals surface area contributed by atoms with Gasteiger partial charge in [0, 0.05) is 38.7 Å². The molecule has 1 heterocycles. The fourth-order valence-corrected chi connectivity index (χ4v) is 10.2. The molecule has 0 radical (unpaired) electrons. The number of aromatic nitrogens is 1. The van der Waals surface area contributed by atoms with Gasteiger partial charge >= 0.3 is 0 Å². The maximum atomic E-state index is 2.49. The minimum atomic E-state index is -0.184. The van der Waals surface area contributed by atoms with E-state index < -0.39 is 0 Å². The topological polar surface area (TPSA) is 8.17 Å². The predicted octanol–water partition coefficient (Wildman–Crippen LogP) is 15.2. The van der Waals surface area contributed by atoms with E-state index in [1.807, 2.05) is 0 Å². The summed E-state index contributed by atoms with van der Waals surface area (Å²) < 4.78 is 2.40. The average molecular weight is 735 g/mol. The molecule has 0 amide bonds. The summed E-state index contributed by atoms with van der Waals surface area (Å²) in [5, 5.41) is 2.54. The Hall–Kier alpha value is -6.64. The van der Waals surface area contributed by atoms with Crippen molar-refractivity contribution in [3.63, 3.8) is 0 Å². The van der Waals surface area contributed by atoms with Gasteiger partial charge in [0.2, 0.25) is 0 Å². The van der Waals surface area contributed by atoms with Gasteiger partial charge in [0.05, 0.1) is 16.7 Å². The van der Waals surface area contributed by atoms with Crippen LogP contribution < -0.4 is 4.90 Å². The largest absolute Gasteiger partial charge is 0.310 e. The number of para-hydroxylation sites is 2. The molecule has 57 heavy (non-hydrogen) atoms. The van der Waals surface area contributed by atoms with Crippen LogP contribution in [0.25, 0.3) is 60.9 Å². The van der Waals surface area contributed by atoms with Crippen LogP contribution in [0, 0.1) is 0 Å². The molecule has 9 aromatic rings. The molecule has 0 bridgehead atoms. The molecule has 11 rings (SSSR count). The SMILES string of the molecule is C.CC1(C)c2ccccc2-c2c(-c3cccc(N(c4ccc(-n5c6ccccc6c6ccccc65)cc4)c4cccc5c4C(C)(C)c4ccccc4-5)c3)cccc21. The molecule has 2 aliphatic rings. The van der Waals surface area contributed by atoms with Gasteiger partial charge in [-0.25, -0.2) is 0 Å². The zero-order chi connectivity index (χ0) is 37.8. The van der Waals surface area contributed by atoms with E-state index in [2.05, 4.69) is 219 Å². The van der Waals surface area contributed by atoms with Gasteiger partial charge < -0.3 is 9.47 Å². The summed E-state index contributed by atoms with van der Waals surface area (Å²) in [4.78, 5) is 2.49. The van der Waals surface area contributed by atoms with E-state index in [9.17, 15) is 0 Å². The molecule has 2 nitrogen and oxygen atoms in total. The van der Waals surface area contributed by atoms with Crippen molar-refractivity contribution in [3.05, 3.63) is 204 Å². The first kappa shape index (κ1) is 34.8. The number of anilines is 3. The summed E-state index contributed by atoms with van der Waals surface area (Å²) in [6.45, 7) is 9.48. The maximum absolute atomic E-state index is 2.49. The summed E-state index contributed by atoms with van der Waals surface area (Å²) in [6, 6.07) is 67.5. The highest BCUT2D eigenvalue weighted by molar-refractivity contribution is 6.09. The van der Waals surface area contributed by atoms with E-state index in [0.29, 0.717) is 0 Å². The fourth-order valence-electron chi connectivity index (χ4n) is 10.2. The van der Waals surface area contributed by atoms with E-state index in [0.717, 1.165) is 17.1 Å². The molecule has 8 aromatic carbocycles. The highest BCUT2D eigenvalue weighted by atomic mass is 15.1. The molecule has 0 aliphatic heterocycles. The summed E-state index contributed by atoms with van der Waals surface area (Å²) in [5.41, 5.74) is 20.1.